The fourth-order valence-electron chi connectivity index (χ4n) is 3.30. The number of anilines is 1. The molecule has 0 bridgehead atoms. The summed E-state index contributed by atoms with van der Waals surface area (Å²) < 4.78 is 5.25. The molecule has 4 rings (SSSR count). The van der Waals surface area contributed by atoms with Gasteiger partial charge in [0, 0.05) is 22.9 Å². The van der Waals surface area contributed by atoms with Crippen molar-refractivity contribution in [2.45, 2.75) is 0 Å². The van der Waals surface area contributed by atoms with Crippen LogP contribution in [0.4, 0.5) is 5.95 Å². The lowest BCUT2D eigenvalue weighted by atomic mass is 9.96. The highest BCUT2D eigenvalue weighted by Crippen LogP contribution is 2.40. The second kappa shape index (κ2) is 7.88. The maximum Gasteiger partial charge on any atom is 0.249 e. The number of nitrogens with zero attached hydrogens (tertiary/aromatic N) is 2. The second-order valence-corrected chi connectivity index (χ2v) is 6.93. The van der Waals surface area contributed by atoms with E-state index in [-0.39, 0.29) is 5.95 Å². The number of nitrogen functional groups attached to an aromatic ring is 1. The normalized spacial score (nSPS) is 10.7. The maximum atomic E-state index is 12.0. The molecule has 0 aliphatic rings. The minimum Gasteiger partial charge on any atom is -0.497 e. The average molecular weight is 420 g/mol. The van der Waals surface area contributed by atoms with Crippen LogP contribution in [0.5, 0.6) is 5.75 Å². The molecule has 0 saturated carbocycles. The molecule has 0 radical (unpaired) electrons. The van der Waals surface area contributed by atoms with E-state index in [9.17, 15) is 4.79 Å². The SMILES string of the molecule is COc1ccc(-c2[nH]c(-c3ccnc(N)n3)cc2-c2ccccc2C(N)=O)c(Cl)c1. The molecule has 2 aromatic carbocycles. The van der Waals surface area contributed by atoms with Crippen LogP contribution < -0.4 is 16.2 Å². The van der Waals surface area contributed by atoms with Crippen molar-refractivity contribution in [3.05, 3.63) is 71.4 Å². The van der Waals surface area contributed by atoms with Crippen molar-refractivity contribution in [2.24, 2.45) is 5.73 Å². The van der Waals surface area contributed by atoms with Crippen molar-refractivity contribution in [3.63, 3.8) is 0 Å². The summed E-state index contributed by atoms with van der Waals surface area (Å²) in [4.78, 5) is 23.6. The van der Waals surface area contributed by atoms with Gasteiger partial charge in [-0.05, 0) is 42.0 Å². The molecule has 8 heteroatoms. The Balaban J connectivity index is 1.98. The number of aromatic nitrogens is 3. The number of methoxy groups -OCH3 is 1. The zero-order valence-electron chi connectivity index (χ0n) is 16.0. The van der Waals surface area contributed by atoms with Crippen molar-refractivity contribution in [3.8, 4) is 39.5 Å². The summed E-state index contributed by atoms with van der Waals surface area (Å²) in [5, 5.41) is 0.489. The van der Waals surface area contributed by atoms with Crippen LogP contribution in [-0.4, -0.2) is 28.0 Å². The predicted octanol–water partition coefficient (Wildman–Crippen LogP) is 4.15. The van der Waals surface area contributed by atoms with Gasteiger partial charge in [0.2, 0.25) is 11.9 Å². The van der Waals surface area contributed by atoms with E-state index in [0.717, 1.165) is 11.1 Å². The third kappa shape index (κ3) is 3.58. The summed E-state index contributed by atoms with van der Waals surface area (Å²) in [6, 6.07) is 16.2. The van der Waals surface area contributed by atoms with Gasteiger partial charge in [0.15, 0.2) is 0 Å². The Kier molecular flexibility index (Phi) is 5.12. The number of nitrogens with two attached hydrogens (primary N) is 2. The topological polar surface area (TPSA) is 120 Å². The minimum atomic E-state index is -0.522. The van der Waals surface area contributed by atoms with Gasteiger partial charge in [-0.15, -0.1) is 0 Å². The fraction of sp³-hybridized carbons (Fsp3) is 0.0455. The molecule has 0 saturated heterocycles. The van der Waals surface area contributed by atoms with Gasteiger partial charge in [0.25, 0.3) is 0 Å². The van der Waals surface area contributed by atoms with E-state index in [1.807, 2.05) is 30.3 Å². The van der Waals surface area contributed by atoms with E-state index in [1.165, 1.54) is 0 Å². The summed E-state index contributed by atoms with van der Waals surface area (Å²) in [6.07, 6.45) is 1.58. The standard InChI is InChI=1S/C22H18ClN5O2/c1-30-12-6-7-15(17(23)10-12)20-16(13-4-2-3-5-14(13)21(24)29)11-19(27-20)18-8-9-26-22(25)28-18/h2-11,27H,1H3,(H2,24,29)(H2,25,26,28). The number of H-pyrrole nitrogens is 1. The molecular formula is C22H18ClN5O2. The third-order valence-corrected chi connectivity index (χ3v) is 5.01. The number of hydrogen-bond donors (Lipinski definition) is 3. The third-order valence-electron chi connectivity index (χ3n) is 4.70. The number of halogens is 1. The van der Waals surface area contributed by atoms with E-state index in [4.69, 9.17) is 27.8 Å². The maximum absolute atomic E-state index is 12.0. The Morgan fingerprint density at radius 1 is 1.07 bits per heavy atom. The van der Waals surface area contributed by atoms with Gasteiger partial charge in [-0.25, -0.2) is 9.97 Å². The summed E-state index contributed by atoms with van der Waals surface area (Å²) >= 11 is 6.55. The number of benzene rings is 2. The average Bonchev–Trinajstić information content (AvgIpc) is 3.18. The zero-order valence-corrected chi connectivity index (χ0v) is 16.8. The minimum absolute atomic E-state index is 0.158. The molecule has 0 aliphatic heterocycles. The molecule has 4 aromatic rings. The van der Waals surface area contributed by atoms with Crippen LogP contribution in [0, 0.1) is 0 Å². The van der Waals surface area contributed by atoms with Gasteiger partial charge in [-0.1, -0.05) is 29.8 Å². The number of hydrogen-bond acceptors (Lipinski definition) is 5. The monoisotopic (exact) mass is 419 g/mol. The zero-order chi connectivity index (χ0) is 21.3. The Labute approximate surface area is 177 Å². The lowest BCUT2D eigenvalue weighted by Gasteiger charge is -2.10. The van der Waals surface area contributed by atoms with Gasteiger partial charge in [0.1, 0.15) is 5.75 Å². The van der Waals surface area contributed by atoms with E-state index >= 15 is 0 Å². The predicted molar refractivity (Wildman–Crippen MR) is 117 cm³/mol. The Hall–Kier alpha value is -3.84. The summed E-state index contributed by atoms with van der Waals surface area (Å²) in [5.41, 5.74) is 15.9. The van der Waals surface area contributed by atoms with E-state index in [1.54, 1.807) is 37.6 Å². The molecule has 7 nitrogen and oxygen atoms in total. The van der Waals surface area contributed by atoms with Gasteiger partial charge in [0.05, 0.1) is 29.2 Å². The van der Waals surface area contributed by atoms with Crippen LogP contribution in [0.15, 0.2) is 60.8 Å². The molecule has 0 fully saturated rings. The smallest absolute Gasteiger partial charge is 0.249 e. The van der Waals surface area contributed by atoms with Crippen LogP contribution in [0.2, 0.25) is 5.02 Å². The summed E-state index contributed by atoms with van der Waals surface area (Å²) in [7, 11) is 1.58. The number of amides is 1. The van der Waals surface area contributed by atoms with Crippen molar-refractivity contribution >= 4 is 23.5 Å². The van der Waals surface area contributed by atoms with E-state index in [0.29, 0.717) is 39.0 Å². The number of nitrogens with one attached hydrogen (secondary N) is 1. The molecular weight excluding hydrogens is 402 g/mol. The van der Waals surface area contributed by atoms with E-state index < -0.39 is 5.91 Å². The molecule has 30 heavy (non-hydrogen) atoms. The fourth-order valence-corrected chi connectivity index (χ4v) is 3.56. The molecule has 5 N–H and O–H groups in total. The largest absolute Gasteiger partial charge is 0.497 e. The first-order valence-corrected chi connectivity index (χ1v) is 9.40. The number of carbonyl (C=O) groups excluding carboxylic acids is 1. The van der Waals surface area contributed by atoms with Gasteiger partial charge in [-0.3, -0.25) is 4.79 Å². The first-order valence-electron chi connectivity index (χ1n) is 9.03. The number of ether oxygens (including phenoxy) is 1. The Morgan fingerprint density at radius 2 is 1.87 bits per heavy atom. The first-order chi connectivity index (χ1) is 14.5. The molecule has 2 aromatic heterocycles. The van der Waals surface area contributed by atoms with Gasteiger partial charge < -0.3 is 21.2 Å². The molecule has 1 amide bonds. The molecule has 150 valence electrons. The van der Waals surface area contributed by atoms with Crippen molar-refractivity contribution in [1.82, 2.24) is 15.0 Å². The quantitative estimate of drug-likeness (QED) is 0.448. The highest BCUT2D eigenvalue weighted by molar-refractivity contribution is 6.33. The molecule has 0 spiro atoms. The van der Waals surface area contributed by atoms with Crippen molar-refractivity contribution in [2.75, 3.05) is 12.8 Å². The van der Waals surface area contributed by atoms with Gasteiger partial charge in [-0.2, -0.15) is 0 Å². The van der Waals surface area contributed by atoms with Crippen molar-refractivity contribution < 1.29 is 9.53 Å². The number of primary amides is 1. The summed E-state index contributed by atoms with van der Waals surface area (Å²) in [6.45, 7) is 0. The number of carbonyl (C=O) groups is 1. The van der Waals surface area contributed by atoms with Crippen LogP contribution in [0.25, 0.3) is 33.8 Å². The lowest BCUT2D eigenvalue weighted by Crippen LogP contribution is -2.12. The lowest BCUT2D eigenvalue weighted by molar-refractivity contribution is 0.100. The van der Waals surface area contributed by atoms with Crippen LogP contribution in [0.3, 0.4) is 0 Å². The highest BCUT2D eigenvalue weighted by atomic mass is 35.5. The van der Waals surface area contributed by atoms with E-state index in [2.05, 4.69) is 15.0 Å². The number of rotatable bonds is 5. The first kappa shape index (κ1) is 19.5. The molecule has 2 heterocycles. The Bertz CT molecular complexity index is 1250. The van der Waals surface area contributed by atoms with Crippen LogP contribution >= 0.6 is 11.6 Å². The van der Waals surface area contributed by atoms with Crippen molar-refractivity contribution in [1.29, 1.82) is 0 Å². The molecule has 0 aliphatic carbocycles. The van der Waals surface area contributed by atoms with Crippen LogP contribution in [-0.2, 0) is 0 Å². The number of aromatic amines is 1. The Morgan fingerprint density at radius 3 is 2.57 bits per heavy atom. The highest BCUT2D eigenvalue weighted by Gasteiger charge is 2.20. The summed E-state index contributed by atoms with van der Waals surface area (Å²) in [5.74, 6) is 0.273. The molecule has 0 unspecified atom stereocenters. The van der Waals surface area contributed by atoms with Crippen LogP contribution in [0.1, 0.15) is 10.4 Å². The second-order valence-electron chi connectivity index (χ2n) is 6.53. The molecule has 0 atom stereocenters. The van der Waals surface area contributed by atoms with Gasteiger partial charge >= 0.3 is 0 Å².